The second-order valence-electron chi connectivity index (χ2n) is 3.55. The molecule has 1 aromatic carbocycles. The van der Waals surface area contributed by atoms with E-state index in [4.69, 9.17) is 11.6 Å². The van der Waals surface area contributed by atoms with Gasteiger partial charge in [-0.3, -0.25) is 4.79 Å². The number of carbonyl (C=O) groups is 1. The van der Waals surface area contributed by atoms with Gasteiger partial charge in [-0.15, -0.1) is 11.6 Å². The van der Waals surface area contributed by atoms with Crippen LogP contribution in [0.15, 0.2) is 30.0 Å². The number of amides is 1. The molecule has 0 radical (unpaired) electrons. The van der Waals surface area contributed by atoms with Crippen LogP contribution in [-0.4, -0.2) is 11.8 Å². The van der Waals surface area contributed by atoms with Crippen LogP contribution in [0.5, 0.6) is 0 Å². The van der Waals surface area contributed by atoms with Crippen LogP contribution in [0.25, 0.3) is 6.08 Å². The number of alkyl halides is 1. The van der Waals surface area contributed by atoms with E-state index in [1.54, 1.807) is 0 Å². The number of nitrogens with one attached hydrogen (secondary N) is 1. The highest BCUT2D eigenvalue weighted by Gasteiger charge is 2.10. The van der Waals surface area contributed by atoms with E-state index in [0.29, 0.717) is 0 Å². The average molecular weight is 222 g/mol. The Morgan fingerprint density at radius 1 is 1.33 bits per heavy atom. The van der Waals surface area contributed by atoms with Crippen LogP contribution in [0.1, 0.15) is 17.5 Å². The quantitative estimate of drug-likeness (QED) is 0.764. The van der Waals surface area contributed by atoms with Crippen molar-refractivity contribution in [3.63, 3.8) is 0 Å². The Morgan fingerprint density at radius 2 is 2.13 bits per heavy atom. The van der Waals surface area contributed by atoms with Crippen LogP contribution in [0.4, 0.5) is 0 Å². The summed E-state index contributed by atoms with van der Waals surface area (Å²) in [4.78, 5) is 11.1. The molecule has 2 nitrogen and oxygen atoms in total. The fourth-order valence-electron chi connectivity index (χ4n) is 1.74. The van der Waals surface area contributed by atoms with Crippen molar-refractivity contribution in [1.82, 2.24) is 5.32 Å². The van der Waals surface area contributed by atoms with E-state index in [0.717, 1.165) is 18.5 Å². The number of aryl methyl sites for hydroxylation is 1. The number of hydrogen-bond donors (Lipinski definition) is 1. The third kappa shape index (κ3) is 2.39. The summed E-state index contributed by atoms with van der Waals surface area (Å²) in [6.45, 7) is 0. The molecule has 0 fully saturated rings. The second-order valence-corrected chi connectivity index (χ2v) is 3.82. The van der Waals surface area contributed by atoms with Crippen LogP contribution in [0, 0.1) is 0 Å². The van der Waals surface area contributed by atoms with E-state index in [1.807, 2.05) is 18.2 Å². The van der Waals surface area contributed by atoms with Crippen molar-refractivity contribution < 1.29 is 4.79 Å². The molecule has 0 aromatic heterocycles. The zero-order chi connectivity index (χ0) is 10.7. The largest absolute Gasteiger partial charge is 0.329 e. The highest BCUT2D eigenvalue weighted by molar-refractivity contribution is 6.27. The monoisotopic (exact) mass is 221 g/mol. The lowest BCUT2D eigenvalue weighted by atomic mass is 9.95. The van der Waals surface area contributed by atoms with Crippen molar-refractivity contribution in [3.8, 4) is 0 Å². The molecule has 0 atom stereocenters. The Morgan fingerprint density at radius 3 is 2.93 bits per heavy atom. The maximum atomic E-state index is 11.1. The van der Waals surface area contributed by atoms with Gasteiger partial charge in [0.1, 0.15) is 5.88 Å². The first-order valence-electron chi connectivity index (χ1n) is 4.94. The van der Waals surface area contributed by atoms with Gasteiger partial charge in [0.15, 0.2) is 0 Å². The number of fused-ring (bicyclic) bond motifs is 1. The van der Waals surface area contributed by atoms with Gasteiger partial charge < -0.3 is 5.32 Å². The predicted molar refractivity (Wildman–Crippen MR) is 61.6 cm³/mol. The summed E-state index contributed by atoms with van der Waals surface area (Å²) in [6, 6.07) is 8.21. The molecular formula is C12H12ClNO. The van der Waals surface area contributed by atoms with Crippen molar-refractivity contribution in [3.05, 3.63) is 41.1 Å². The predicted octanol–water partition coefficient (Wildman–Crippen LogP) is 2.33. The van der Waals surface area contributed by atoms with E-state index in [9.17, 15) is 4.79 Å². The first-order chi connectivity index (χ1) is 7.29. The number of rotatable bonds is 2. The maximum Gasteiger partial charge on any atom is 0.239 e. The van der Waals surface area contributed by atoms with Crippen molar-refractivity contribution in [2.45, 2.75) is 12.8 Å². The highest BCUT2D eigenvalue weighted by Crippen LogP contribution is 2.21. The summed E-state index contributed by atoms with van der Waals surface area (Å²) >= 11 is 5.43. The summed E-state index contributed by atoms with van der Waals surface area (Å²) in [5.41, 5.74) is 3.48. The van der Waals surface area contributed by atoms with Gasteiger partial charge in [0, 0.05) is 5.70 Å². The summed E-state index contributed by atoms with van der Waals surface area (Å²) in [6.07, 6.45) is 3.87. The van der Waals surface area contributed by atoms with Gasteiger partial charge in [0.25, 0.3) is 0 Å². The van der Waals surface area contributed by atoms with Crippen molar-refractivity contribution in [1.29, 1.82) is 0 Å². The Balaban J connectivity index is 2.18. The second kappa shape index (κ2) is 4.49. The fourth-order valence-corrected chi connectivity index (χ4v) is 1.81. The van der Waals surface area contributed by atoms with Crippen LogP contribution >= 0.6 is 11.6 Å². The van der Waals surface area contributed by atoms with Gasteiger partial charge in [-0.1, -0.05) is 24.3 Å². The van der Waals surface area contributed by atoms with Gasteiger partial charge in [0.2, 0.25) is 5.91 Å². The lowest BCUT2D eigenvalue weighted by molar-refractivity contribution is -0.118. The Bertz CT molecular complexity index is 412. The minimum Gasteiger partial charge on any atom is -0.329 e. The molecular weight excluding hydrogens is 210 g/mol. The Kier molecular flexibility index (Phi) is 3.07. The molecule has 15 heavy (non-hydrogen) atoms. The SMILES string of the molecule is O=C(CCl)NC1=Cc2ccccc2CC1. The molecule has 0 aliphatic heterocycles. The minimum atomic E-state index is -0.137. The molecule has 0 saturated heterocycles. The normalized spacial score (nSPS) is 14.1. The summed E-state index contributed by atoms with van der Waals surface area (Å²) in [5, 5.41) is 2.80. The molecule has 78 valence electrons. The van der Waals surface area contributed by atoms with E-state index < -0.39 is 0 Å². The molecule has 0 heterocycles. The Hall–Kier alpha value is -1.28. The molecule has 1 aliphatic rings. The molecule has 1 amide bonds. The molecule has 1 aromatic rings. The molecule has 1 N–H and O–H groups in total. The molecule has 0 unspecified atom stereocenters. The molecule has 3 heteroatoms. The van der Waals surface area contributed by atoms with Crippen molar-refractivity contribution in [2.24, 2.45) is 0 Å². The van der Waals surface area contributed by atoms with Crippen LogP contribution in [0.3, 0.4) is 0 Å². The van der Waals surface area contributed by atoms with Crippen molar-refractivity contribution in [2.75, 3.05) is 5.88 Å². The van der Waals surface area contributed by atoms with Crippen LogP contribution in [-0.2, 0) is 11.2 Å². The molecule has 1 aliphatic carbocycles. The van der Waals surface area contributed by atoms with E-state index >= 15 is 0 Å². The molecule has 0 bridgehead atoms. The van der Waals surface area contributed by atoms with Crippen LogP contribution in [0.2, 0.25) is 0 Å². The molecule has 0 spiro atoms. The summed E-state index contributed by atoms with van der Waals surface area (Å²) in [7, 11) is 0. The van der Waals surface area contributed by atoms with Gasteiger partial charge in [-0.25, -0.2) is 0 Å². The summed E-state index contributed by atoms with van der Waals surface area (Å²) < 4.78 is 0. The third-order valence-corrected chi connectivity index (χ3v) is 2.71. The van der Waals surface area contributed by atoms with E-state index in [-0.39, 0.29) is 11.8 Å². The number of halogens is 1. The minimum absolute atomic E-state index is 0.0129. The number of hydrogen-bond acceptors (Lipinski definition) is 1. The molecule has 0 saturated carbocycles. The summed E-state index contributed by atoms with van der Waals surface area (Å²) in [5.74, 6) is -0.124. The third-order valence-electron chi connectivity index (χ3n) is 2.47. The number of benzene rings is 1. The van der Waals surface area contributed by atoms with Crippen molar-refractivity contribution >= 4 is 23.6 Å². The first kappa shape index (κ1) is 10.2. The first-order valence-corrected chi connectivity index (χ1v) is 5.47. The van der Waals surface area contributed by atoms with Gasteiger partial charge in [0.05, 0.1) is 0 Å². The lowest BCUT2D eigenvalue weighted by Gasteiger charge is -2.16. The fraction of sp³-hybridized carbons (Fsp3) is 0.250. The topological polar surface area (TPSA) is 29.1 Å². The smallest absolute Gasteiger partial charge is 0.239 e. The number of carbonyl (C=O) groups excluding carboxylic acids is 1. The maximum absolute atomic E-state index is 11.1. The highest BCUT2D eigenvalue weighted by atomic mass is 35.5. The van der Waals surface area contributed by atoms with E-state index in [2.05, 4.69) is 17.4 Å². The Labute approximate surface area is 93.9 Å². The van der Waals surface area contributed by atoms with Gasteiger partial charge >= 0.3 is 0 Å². The van der Waals surface area contributed by atoms with Gasteiger partial charge in [-0.05, 0) is 30.0 Å². The lowest BCUT2D eigenvalue weighted by Crippen LogP contribution is -2.25. The standard InChI is InChI=1S/C12H12ClNO/c13-8-12(15)14-11-6-5-9-3-1-2-4-10(9)7-11/h1-4,7H,5-6,8H2,(H,14,15). The van der Waals surface area contributed by atoms with Gasteiger partial charge in [-0.2, -0.15) is 0 Å². The average Bonchev–Trinajstić information content (AvgIpc) is 2.29. The molecule has 2 rings (SSSR count). The van der Waals surface area contributed by atoms with Crippen LogP contribution < -0.4 is 5.32 Å². The zero-order valence-corrected chi connectivity index (χ0v) is 9.05. The zero-order valence-electron chi connectivity index (χ0n) is 8.29. The van der Waals surface area contributed by atoms with E-state index in [1.165, 1.54) is 11.1 Å². The number of allylic oxidation sites excluding steroid dienone is 1.